The first-order valence-electron chi connectivity index (χ1n) is 8.64. The Hall–Kier alpha value is -2.24. The number of nitrogens with one attached hydrogen (secondary N) is 1. The van der Waals surface area contributed by atoms with Gasteiger partial charge in [-0.05, 0) is 36.1 Å². The maximum atomic E-state index is 12.6. The average Bonchev–Trinajstić information content (AvgIpc) is 2.68. The van der Waals surface area contributed by atoms with Gasteiger partial charge in [0.2, 0.25) is 5.91 Å². The highest BCUT2D eigenvalue weighted by atomic mass is 35.5. The molecule has 0 saturated heterocycles. The van der Waals surface area contributed by atoms with Crippen LogP contribution in [0.3, 0.4) is 0 Å². The number of carbonyl (C=O) groups is 1. The van der Waals surface area contributed by atoms with Crippen molar-refractivity contribution in [3.63, 3.8) is 0 Å². The number of hydrogen-bond acceptors (Lipinski definition) is 4. The highest BCUT2D eigenvalue weighted by molar-refractivity contribution is 6.33. The molecule has 0 aliphatic carbocycles. The number of anilines is 1. The Morgan fingerprint density at radius 2 is 2.00 bits per heavy atom. The zero-order chi connectivity index (χ0) is 18.5. The van der Waals surface area contributed by atoms with Crippen LogP contribution >= 0.6 is 11.6 Å². The van der Waals surface area contributed by atoms with Crippen molar-refractivity contribution < 1.29 is 14.3 Å². The molecular formula is C20H23ClN2O3. The van der Waals surface area contributed by atoms with Crippen LogP contribution in [0.1, 0.15) is 17.5 Å². The summed E-state index contributed by atoms with van der Waals surface area (Å²) in [6.45, 7) is 1.48. The van der Waals surface area contributed by atoms with Crippen molar-refractivity contribution in [3.8, 4) is 11.5 Å². The number of amides is 1. The number of benzene rings is 2. The number of halogens is 1. The molecule has 0 spiro atoms. The van der Waals surface area contributed by atoms with Crippen LogP contribution in [0.25, 0.3) is 0 Å². The van der Waals surface area contributed by atoms with E-state index < -0.39 is 0 Å². The number of fused-ring (bicyclic) bond motifs is 1. The molecule has 0 saturated carbocycles. The summed E-state index contributed by atoms with van der Waals surface area (Å²) in [7, 11) is 3.12. The van der Waals surface area contributed by atoms with Gasteiger partial charge in [0, 0.05) is 18.8 Å². The Morgan fingerprint density at radius 3 is 2.77 bits per heavy atom. The van der Waals surface area contributed by atoms with E-state index in [4.69, 9.17) is 21.1 Å². The van der Waals surface area contributed by atoms with Crippen molar-refractivity contribution in [1.29, 1.82) is 0 Å². The average molecular weight is 375 g/mol. The topological polar surface area (TPSA) is 50.8 Å². The van der Waals surface area contributed by atoms with Gasteiger partial charge in [-0.15, -0.1) is 0 Å². The molecule has 1 heterocycles. The molecule has 1 N–H and O–H groups in total. The van der Waals surface area contributed by atoms with Gasteiger partial charge in [-0.2, -0.15) is 0 Å². The van der Waals surface area contributed by atoms with Gasteiger partial charge < -0.3 is 19.7 Å². The van der Waals surface area contributed by atoms with E-state index in [0.29, 0.717) is 23.1 Å². The van der Waals surface area contributed by atoms with Gasteiger partial charge in [0.1, 0.15) is 0 Å². The summed E-state index contributed by atoms with van der Waals surface area (Å²) < 4.78 is 10.5. The van der Waals surface area contributed by atoms with E-state index in [-0.39, 0.29) is 12.5 Å². The molecule has 3 rings (SSSR count). The van der Waals surface area contributed by atoms with Gasteiger partial charge >= 0.3 is 0 Å². The number of hydrogen-bond donors (Lipinski definition) is 1. The maximum absolute atomic E-state index is 12.6. The van der Waals surface area contributed by atoms with E-state index in [1.165, 1.54) is 5.56 Å². The standard InChI is InChI=1S/C20H23ClN2O3/c1-25-17-10-9-15(19(21)20(17)26-2)12-22-13-18(24)23-11-5-7-14-6-3-4-8-16(14)23/h3-4,6,8-10,22H,5,7,11-13H2,1-2H3. The number of methoxy groups -OCH3 is 2. The first-order valence-corrected chi connectivity index (χ1v) is 9.02. The Morgan fingerprint density at radius 1 is 1.19 bits per heavy atom. The van der Waals surface area contributed by atoms with Gasteiger partial charge in [-0.3, -0.25) is 4.79 Å². The molecule has 5 nitrogen and oxygen atoms in total. The van der Waals surface area contributed by atoms with Crippen molar-refractivity contribution >= 4 is 23.2 Å². The predicted octanol–water partition coefficient (Wildman–Crippen LogP) is 3.43. The first kappa shape index (κ1) is 18.5. The fraction of sp³-hybridized carbons (Fsp3) is 0.350. The zero-order valence-electron chi connectivity index (χ0n) is 15.0. The Kier molecular flexibility index (Phi) is 6.01. The summed E-state index contributed by atoms with van der Waals surface area (Å²) in [4.78, 5) is 14.5. The van der Waals surface area contributed by atoms with E-state index in [1.807, 2.05) is 35.2 Å². The molecule has 1 amide bonds. The first-order chi connectivity index (χ1) is 12.7. The van der Waals surface area contributed by atoms with Crippen LogP contribution in [-0.2, 0) is 17.8 Å². The molecule has 6 heteroatoms. The lowest BCUT2D eigenvalue weighted by Gasteiger charge is -2.29. The van der Waals surface area contributed by atoms with Crippen LogP contribution in [0.2, 0.25) is 5.02 Å². The third kappa shape index (κ3) is 3.79. The van der Waals surface area contributed by atoms with E-state index in [2.05, 4.69) is 11.4 Å². The third-order valence-electron chi connectivity index (χ3n) is 4.57. The number of para-hydroxylation sites is 1. The fourth-order valence-electron chi connectivity index (χ4n) is 3.26. The van der Waals surface area contributed by atoms with E-state index in [1.54, 1.807) is 14.2 Å². The zero-order valence-corrected chi connectivity index (χ0v) is 15.8. The summed E-state index contributed by atoms with van der Waals surface area (Å²) in [5, 5.41) is 3.68. The summed E-state index contributed by atoms with van der Waals surface area (Å²) >= 11 is 6.38. The summed E-state index contributed by atoms with van der Waals surface area (Å²) in [6.07, 6.45) is 2.01. The number of aryl methyl sites for hydroxylation is 1. The molecule has 1 aliphatic heterocycles. The molecule has 138 valence electrons. The molecule has 2 aromatic rings. The van der Waals surface area contributed by atoms with Crippen LogP contribution < -0.4 is 19.7 Å². The third-order valence-corrected chi connectivity index (χ3v) is 4.98. The van der Waals surface area contributed by atoms with E-state index >= 15 is 0 Å². The second-order valence-corrected chi connectivity index (χ2v) is 6.53. The van der Waals surface area contributed by atoms with Gasteiger partial charge in [-0.25, -0.2) is 0 Å². The summed E-state index contributed by atoms with van der Waals surface area (Å²) in [5.41, 5.74) is 3.11. The number of nitrogens with zero attached hydrogens (tertiary/aromatic N) is 1. The molecule has 0 aromatic heterocycles. The fourth-order valence-corrected chi connectivity index (χ4v) is 3.56. The summed E-state index contributed by atoms with van der Waals surface area (Å²) in [5.74, 6) is 1.15. The quantitative estimate of drug-likeness (QED) is 0.841. The molecule has 2 aromatic carbocycles. The highest BCUT2D eigenvalue weighted by Gasteiger charge is 2.21. The molecule has 0 unspecified atom stereocenters. The molecule has 0 atom stereocenters. The van der Waals surface area contributed by atoms with Crippen LogP contribution in [0.4, 0.5) is 5.69 Å². The van der Waals surface area contributed by atoms with Crippen LogP contribution in [-0.4, -0.2) is 33.2 Å². The minimum Gasteiger partial charge on any atom is -0.493 e. The molecule has 0 radical (unpaired) electrons. The Labute approximate surface area is 158 Å². The largest absolute Gasteiger partial charge is 0.493 e. The minimum absolute atomic E-state index is 0.0637. The SMILES string of the molecule is COc1ccc(CNCC(=O)N2CCCc3ccccc32)c(Cl)c1OC. The second kappa shape index (κ2) is 8.43. The van der Waals surface area contributed by atoms with Gasteiger partial charge in [-0.1, -0.05) is 35.9 Å². The lowest BCUT2D eigenvalue weighted by atomic mass is 10.0. The van der Waals surface area contributed by atoms with Crippen molar-refractivity contribution in [2.45, 2.75) is 19.4 Å². The molecule has 0 bridgehead atoms. The van der Waals surface area contributed by atoms with Gasteiger partial charge in [0.05, 0.1) is 25.8 Å². The van der Waals surface area contributed by atoms with Gasteiger partial charge in [0.25, 0.3) is 0 Å². The van der Waals surface area contributed by atoms with Crippen LogP contribution in [0.5, 0.6) is 11.5 Å². The summed E-state index contributed by atoms with van der Waals surface area (Å²) in [6, 6.07) is 11.8. The monoisotopic (exact) mass is 374 g/mol. The minimum atomic E-state index is 0.0637. The smallest absolute Gasteiger partial charge is 0.240 e. The lowest BCUT2D eigenvalue weighted by molar-refractivity contribution is -0.117. The molecular weight excluding hydrogens is 352 g/mol. The van der Waals surface area contributed by atoms with Crippen LogP contribution in [0, 0.1) is 0 Å². The van der Waals surface area contributed by atoms with Crippen molar-refractivity contribution in [2.24, 2.45) is 0 Å². The lowest BCUT2D eigenvalue weighted by Crippen LogP contribution is -2.41. The van der Waals surface area contributed by atoms with E-state index in [9.17, 15) is 4.79 Å². The molecule has 1 aliphatic rings. The number of ether oxygens (including phenoxy) is 2. The normalized spacial score (nSPS) is 13.3. The van der Waals surface area contributed by atoms with Crippen LogP contribution in [0.15, 0.2) is 36.4 Å². The molecule has 0 fully saturated rings. The molecule has 26 heavy (non-hydrogen) atoms. The van der Waals surface area contributed by atoms with E-state index in [0.717, 1.165) is 30.6 Å². The van der Waals surface area contributed by atoms with Gasteiger partial charge in [0.15, 0.2) is 11.5 Å². The Bertz CT molecular complexity index is 795. The van der Waals surface area contributed by atoms with Crippen molar-refractivity contribution in [1.82, 2.24) is 5.32 Å². The number of carbonyl (C=O) groups excluding carboxylic acids is 1. The van der Waals surface area contributed by atoms with Crippen molar-refractivity contribution in [3.05, 3.63) is 52.5 Å². The Balaban J connectivity index is 1.63. The maximum Gasteiger partial charge on any atom is 0.240 e. The highest BCUT2D eigenvalue weighted by Crippen LogP contribution is 2.37. The predicted molar refractivity (Wildman–Crippen MR) is 103 cm³/mol. The van der Waals surface area contributed by atoms with Crippen molar-refractivity contribution in [2.75, 3.05) is 32.2 Å². The number of rotatable bonds is 6. The second-order valence-electron chi connectivity index (χ2n) is 6.16.